The van der Waals surface area contributed by atoms with Gasteiger partial charge in [0.2, 0.25) is 11.8 Å². The summed E-state index contributed by atoms with van der Waals surface area (Å²) in [7, 11) is 0. The van der Waals surface area contributed by atoms with Crippen molar-refractivity contribution in [2.45, 2.75) is 26.8 Å². The second kappa shape index (κ2) is 11.4. The maximum Gasteiger partial charge on any atom is 0.208 e. The lowest BCUT2D eigenvalue weighted by Crippen LogP contribution is -2.12. The van der Waals surface area contributed by atoms with Gasteiger partial charge in [-0.2, -0.15) is 5.21 Å². The van der Waals surface area contributed by atoms with Crippen LogP contribution in [0.5, 0.6) is 0 Å². The van der Waals surface area contributed by atoms with E-state index in [-0.39, 0.29) is 5.78 Å². The number of imidazole rings is 1. The Morgan fingerprint density at radius 2 is 1.54 bits per heavy atom. The highest BCUT2D eigenvalue weighted by Crippen LogP contribution is 2.34. The van der Waals surface area contributed by atoms with Crippen molar-refractivity contribution < 1.29 is 4.79 Å². The van der Waals surface area contributed by atoms with E-state index in [1.165, 1.54) is 0 Å². The van der Waals surface area contributed by atoms with Crippen LogP contribution in [0, 0.1) is 0 Å². The lowest BCUT2D eigenvalue weighted by atomic mass is 9.93. The van der Waals surface area contributed by atoms with Gasteiger partial charge in [0.05, 0.1) is 12.2 Å². The van der Waals surface area contributed by atoms with Crippen LogP contribution in [0.2, 0.25) is 0 Å². The van der Waals surface area contributed by atoms with E-state index in [1.54, 1.807) is 6.92 Å². The van der Waals surface area contributed by atoms with E-state index in [0.29, 0.717) is 30.4 Å². The maximum atomic E-state index is 12.7. The van der Waals surface area contributed by atoms with Crippen molar-refractivity contribution in [3.8, 4) is 33.6 Å². The van der Waals surface area contributed by atoms with Gasteiger partial charge in [0.1, 0.15) is 5.69 Å². The number of ketones is 1. The van der Waals surface area contributed by atoms with Crippen LogP contribution in [0.3, 0.4) is 0 Å². The average molecular weight is 540 g/mol. The number of aryl methyl sites for hydroxylation is 1. The zero-order chi connectivity index (χ0) is 28.2. The van der Waals surface area contributed by atoms with Gasteiger partial charge >= 0.3 is 0 Å². The Morgan fingerprint density at radius 3 is 2.20 bits per heavy atom. The van der Waals surface area contributed by atoms with Gasteiger partial charge in [-0.1, -0.05) is 85.8 Å². The summed E-state index contributed by atoms with van der Waals surface area (Å²) in [6.07, 6.45) is 0.668. The third-order valence-corrected chi connectivity index (χ3v) is 7.06. The molecule has 2 heterocycles. The first kappa shape index (κ1) is 25.9. The second-order valence-electron chi connectivity index (χ2n) is 9.78. The highest BCUT2D eigenvalue weighted by atomic mass is 16.1. The largest absolute Gasteiger partial charge is 0.326 e. The minimum Gasteiger partial charge on any atom is -0.326 e. The number of carbonyl (C=O) groups excluding carboxylic acids is 1. The molecule has 2 aromatic heterocycles. The second-order valence-corrected chi connectivity index (χ2v) is 9.78. The molecule has 0 saturated heterocycles. The van der Waals surface area contributed by atoms with Gasteiger partial charge < -0.3 is 9.88 Å². The first-order chi connectivity index (χ1) is 20.1. The van der Waals surface area contributed by atoms with Gasteiger partial charge in [0.15, 0.2) is 5.78 Å². The normalized spacial score (nSPS) is 11.0. The lowest BCUT2D eigenvalue weighted by molar-refractivity contribution is 0.100. The van der Waals surface area contributed by atoms with Gasteiger partial charge in [-0.25, -0.2) is 4.98 Å². The van der Waals surface area contributed by atoms with Gasteiger partial charge in [-0.05, 0) is 63.7 Å². The summed E-state index contributed by atoms with van der Waals surface area (Å²) < 4.78 is 1.98. The zero-order valence-corrected chi connectivity index (χ0v) is 22.9. The van der Waals surface area contributed by atoms with Crippen LogP contribution in [0.15, 0.2) is 103 Å². The Labute approximate surface area is 238 Å². The minimum absolute atomic E-state index is 0.00503. The molecule has 0 spiro atoms. The first-order valence-electron chi connectivity index (χ1n) is 13.6. The zero-order valence-electron chi connectivity index (χ0n) is 22.9. The molecule has 202 valence electrons. The van der Waals surface area contributed by atoms with Crippen LogP contribution in [0.1, 0.15) is 35.6 Å². The van der Waals surface area contributed by atoms with Crippen LogP contribution in [-0.2, 0) is 13.0 Å². The molecule has 0 fully saturated rings. The Bertz CT molecular complexity index is 1780. The number of para-hydroxylation sites is 1. The number of hydrogen-bond donors (Lipinski definition) is 2. The van der Waals surface area contributed by atoms with E-state index in [1.807, 2.05) is 66.1 Å². The number of carbonyl (C=O) groups is 1. The van der Waals surface area contributed by atoms with Gasteiger partial charge in [-0.3, -0.25) is 4.79 Å². The molecular formula is C33H29N7O. The number of hydrogen-bond acceptors (Lipinski definition) is 6. The van der Waals surface area contributed by atoms with E-state index < -0.39 is 0 Å². The van der Waals surface area contributed by atoms with Gasteiger partial charge in [0, 0.05) is 18.2 Å². The number of rotatable bonds is 9. The molecule has 0 aliphatic rings. The van der Waals surface area contributed by atoms with Crippen molar-refractivity contribution in [3.05, 3.63) is 120 Å². The molecule has 8 heteroatoms. The summed E-state index contributed by atoms with van der Waals surface area (Å²) in [4.78, 5) is 17.5. The molecule has 0 aliphatic carbocycles. The summed E-state index contributed by atoms with van der Waals surface area (Å²) in [5.74, 6) is 1.18. The highest BCUT2D eigenvalue weighted by Gasteiger charge is 2.20. The third kappa shape index (κ3) is 5.40. The summed E-state index contributed by atoms with van der Waals surface area (Å²) in [6.45, 7) is 4.12. The SMILES string of the molecule is CCc1nc(Nc2ccccc2)n(Cc2ccc(-c3cc(-c4ccccc4)ccc3-c3nn[nH]n3)cc2)c1C(C)=O. The summed E-state index contributed by atoms with van der Waals surface area (Å²) in [6, 6.07) is 34.8. The lowest BCUT2D eigenvalue weighted by Gasteiger charge is -2.14. The predicted octanol–water partition coefficient (Wildman–Crippen LogP) is 6.95. The minimum atomic E-state index is -0.00503. The Balaban J connectivity index is 1.37. The van der Waals surface area contributed by atoms with E-state index in [9.17, 15) is 4.79 Å². The number of anilines is 2. The van der Waals surface area contributed by atoms with E-state index >= 15 is 0 Å². The van der Waals surface area contributed by atoms with Crippen LogP contribution in [-0.4, -0.2) is 36.0 Å². The van der Waals surface area contributed by atoms with Gasteiger partial charge in [-0.15, -0.1) is 10.2 Å². The fourth-order valence-corrected chi connectivity index (χ4v) is 5.08. The number of tetrazole rings is 1. The molecule has 4 aromatic carbocycles. The standard InChI is InChI=1S/C33H29N7O/c1-3-30-31(22(2)41)40(33(35-30)34-27-12-8-5-9-13-27)21-23-14-16-25(17-15-23)29-20-26(24-10-6-4-7-11-24)18-19-28(29)32-36-38-39-37-32/h4-20H,3,21H2,1-2H3,(H,34,35)(H,36,37,38,39). The topological polar surface area (TPSA) is 101 Å². The predicted molar refractivity (Wildman–Crippen MR) is 161 cm³/mol. The fourth-order valence-electron chi connectivity index (χ4n) is 5.08. The first-order valence-corrected chi connectivity index (χ1v) is 13.6. The summed E-state index contributed by atoms with van der Waals surface area (Å²) in [5, 5.41) is 18.2. The Morgan fingerprint density at radius 1 is 0.829 bits per heavy atom. The maximum absolute atomic E-state index is 12.7. The molecule has 0 atom stereocenters. The average Bonchev–Trinajstić information content (AvgIpc) is 3.67. The molecule has 0 amide bonds. The fraction of sp³-hybridized carbons (Fsp3) is 0.121. The molecule has 6 aromatic rings. The molecule has 8 nitrogen and oxygen atoms in total. The van der Waals surface area contributed by atoms with Crippen LogP contribution in [0.4, 0.5) is 11.6 Å². The smallest absolute Gasteiger partial charge is 0.208 e. The van der Waals surface area contributed by atoms with Crippen LogP contribution < -0.4 is 5.32 Å². The molecule has 0 saturated carbocycles. The quantitative estimate of drug-likeness (QED) is 0.193. The molecule has 6 rings (SSSR count). The number of nitrogens with zero attached hydrogens (tertiary/aromatic N) is 5. The summed E-state index contributed by atoms with van der Waals surface area (Å²) >= 11 is 0. The molecular weight excluding hydrogens is 510 g/mol. The van der Waals surface area contributed by atoms with Crippen molar-refractivity contribution in [3.63, 3.8) is 0 Å². The van der Waals surface area contributed by atoms with Crippen LogP contribution >= 0.6 is 0 Å². The molecule has 0 bridgehead atoms. The number of H-pyrrole nitrogens is 1. The number of nitrogens with one attached hydrogen (secondary N) is 2. The van der Waals surface area contributed by atoms with Crippen molar-refractivity contribution in [1.29, 1.82) is 0 Å². The number of benzene rings is 4. The number of aromatic amines is 1. The number of Topliss-reactive ketones (excluding diaryl/α,β-unsaturated/α-hetero) is 1. The van der Waals surface area contributed by atoms with Gasteiger partial charge in [0.25, 0.3) is 0 Å². The van der Waals surface area contributed by atoms with Crippen molar-refractivity contribution in [2.24, 2.45) is 0 Å². The monoisotopic (exact) mass is 539 g/mol. The summed E-state index contributed by atoms with van der Waals surface area (Å²) in [5.41, 5.74) is 8.54. The molecule has 0 radical (unpaired) electrons. The van der Waals surface area contributed by atoms with Crippen molar-refractivity contribution in [1.82, 2.24) is 30.2 Å². The third-order valence-electron chi connectivity index (χ3n) is 7.06. The van der Waals surface area contributed by atoms with E-state index in [0.717, 1.165) is 44.8 Å². The van der Waals surface area contributed by atoms with Crippen molar-refractivity contribution in [2.75, 3.05) is 5.32 Å². The molecule has 41 heavy (non-hydrogen) atoms. The molecule has 2 N–H and O–H groups in total. The van der Waals surface area contributed by atoms with Crippen LogP contribution in [0.25, 0.3) is 33.6 Å². The van der Waals surface area contributed by atoms with E-state index in [2.05, 4.69) is 74.5 Å². The number of aromatic nitrogens is 6. The van der Waals surface area contributed by atoms with Crippen molar-refractivity contribution >= 4 is 17.4 Å². The Kier molecular flexibility index (Phi) is 7.19. The Hall–Kier alpha value is -5.37. The molecule has 0 unspecified atom stereocenters. The molecule has 0 aliphatic heterocycles. The highest BCUT2D eigenvalue weighted by molar-refractivity contribution is 5.94. The van der Waals surface area contributed by atoms with E-state index in [4.69, 9.17) is 4.98 Å².